The maximum absolute atomic E-state index is 5.76. The third-order valence-corrected chi connectivity index (χ3v) is 2.03. The van der Waals surface area contributed by atoms with E-state index in [1.807, 2.05) is 0 Å². The molecule has 3 nitrogen and oxygen atoms in total. The lowest BCUT2D eigenvalue weighted by Crippen LogP contribution is -2.27. The Morgan fingerprint density at radius 2 is 2.45 bits per heavy atom. The number of aromatic amines is 1. The molecule has 1 aromatic heterocycles. The number of rotatable bonds is 0. The van der Waals surface area contributed by atoms with Gasteiger partial charge in [0.2, 0.25) is 0 Å². The Balaban J connectivity index is 0.000000605. The summed E-state index contributed by atoms with van der Waals surface area (Å²) in [6.07, 6.45) is 4.84. The second-order valence-corrected chi connectivity index (χ2v) is 2.83. The number of imidazole rings is 1. The van der Waals surface area contributed by atoms with Crippen molar-refractivity contribution in [3.8, 4) is 0 Å². The summed E-state index contributed by atoms with van der Waals surface area (Å²) in [5, 5.41) is 0. The summed E-state index contributed by atoms with van der Waals surface area (Å²) in [5.74, 6) is 0. The lowest BCUT2D eigenvalue weighted by atomic mass is 9.97. The van der Waals surface area contributed by atoms with E-state index in [9.17, 15) is 0 Å². The summed E-state index contributed by atoms with van der Waals surface area (Å²) in [6, 6.07) is 0.341. The molecule has 11 heavy (non-hydrogen) atoms. The molecular formula is C8H15N3. The minimum atomic E-state index is 0. The van der Waals surface area contributed by atoms with Crippen LogP contribution in [0.25, 0.3) is 0 Å². The molecule has 1 aliphatic rings. The molecule has 0 spiro atoms. The molecule has 0 saturated heterocycles. The molecule has 0 amide bonds. The van der Waals surface area contributed by atoms with Crippen molar-refractivity contribution < 1.29 is 0 Å². The van der Waals surface area contributed by atoms with Crippen LogP contribution in [0.5, 0.6) is 0 Å². The third kappa shape index (κ3) is 1.43. The second-order valence-electron chi connectivity index (χ2n) is 2.83. The highest BCUT2D eigenvalue weighted by atomic mass is 14.9. The number of hydrogen-bond acceptors (Lipinski definition) is 2. The zero-order valence-electron chi connectivity index (χ0n) is 5.80. The molecule has 0 saturated carbocycles. The number of hydrogen-bond donors (Lipinski definition) is 2. The average Bonchev–Trinajstić information content (AvgIpc) is 2.33. The van der Waals surface area contributed by atoms with Gasteiger partial charge in [-0.2, -0.15) is 0 Å². The quantitative estimate of drug-likeness (QED) is 0.581. The van der Waals surface area contributed by atoms with Gasteiger partial charge >= 0.3 is 0 Å². The standard InChI is InChI=1S/C7H11N3.CH4/c8-5-1-2-6-7(3-5)10-4-9-6;/h4-5H,1-3,8H2,(H,9,10);1H4. The monoisotopic (exact) mass is 153 g/mol. The van der Waals surface area contributed by atoms with E-state index in [1.165, 1.54) is 11.4 Å². The third-order valence-electron chi connectivity index (χ3n) is 2.03. The summed E-state index contributed by atoms with van der Waals surface area (Å²) in [6.45, 7) is 0. The molecule has 0 aromatic carbocycles. The van der Waals surface area contributed by atoms with Gasteiger partial charge < -0.3 is 10.7 Å². The first-order chi connectivity index (χ1) is 4.86. The van der Waals surface area contributed by atoms with Crippen LogP contribution in [0, 0.1) is 0 Å². The van der Waals surface area contributed by atoms with Gasteiger partial charge in [-0.1, -0.05) is 7.43 Å². The highest BCUT2D eigenvalue weighted by Gasteiger charge is 2.16. The Hall–Kier alpha value is -0.830. The van der Waals surface area contributed by atoms with E-state index in [-0.39, 0.29) is 7.43 Å². The van der Waals surface area contributed by atoms with E-state index in [0.717, 1.165) is 19.3 Å². The van der Waals surface area contributed by atoms with Crippen molar-refractivity contribution in [3.05, 3.63) is 17.7 Å². The summed E-state index contributed by atoms with van der Waals surface area (Å²) in [5.41, 5.74) is 8.21. The zero-order chi connectivity index (χ0) is 6.97. The van der Waals surface area contributed by atoms with Crippen LogP contribution in [0.4, 0.5) is 0 Å². The molecular weight excluding hydrogens is 138 g/mol. The molecule has 1 atom stereocenters. The number of nitrogens with one attached hydrogen (secondary N) is 1. The van der Waals surface area contributed by atoms with Gasteiger partial charge in [-0.05, 0) is 12.8 Å². The molecule has 1 heterocycles. The Bertz CT molecular complexity index is 229. The summed E-state index contributed by atoms with van der Waals surface area (Å²) >= 11 is 0. The lowest BCUT2D eigenvalue weighted by molar-refractivity contribution is 0.565. The van der Waals surface area contributed by atoms with Crippen LogP contribution in [0.3, 0.4) is 0 Å². The van der Waals surface area contributed by atoms with Crippen LogP contribution in [0.1, 0.15) is 25.2 Å². The predicted molar refractivity (Wildman–Crippen MR) is 45.3 cm³/mol. The minimum Gasteiger partial charge on any atom is -0.348 e. The van der Waals surface area contributed by atoms with E-state index >= 15 is 0 Å². The molecule has 3 N–H and O–H groups in total. The molecule has 0 radical (unpaired) electrons. The van der Waals surface area contributed by atoms with Crippen molar-refractivity contribution in [3.63, 3.8) is 0 Å². The topological polar surface area (TPSA) is 54.7 Å². The van der Waals surface area contributed by atoms with Crippen molar-refractivity contribution in [1.29, 1.82) is 0 Å². The molecule has 3 heteroatoms. The van der Waals surface area contributed by atoms with Crippen LogP contribution in [-0.2, 0) is 12.8 Å². The number of nitrogens with two attached hydrogens (primary N) is 1. The van der Waals surface area contributed by atoms with Gasteiger partial charge in [0, 0.05) is 18.2 Å². The molecule has 0 bridgehead atoms. The molecule has 0 aliphatic heterocycles. The normalized spacial score (nSPS) is 22.1. The Morgan fingerprint density at radius 1 is 1.64 bits per heavy atom. The first-order valence-electron chi connectivity index (χ1n) is 3.63. The first-order valence-corrected chi connectivity index (χ1v) is 3.63. The van der Waals surface area contributed by atoms with Gasteiger partial charge in [-0.15, -0.1) is 0 Å². The van der Waals surface area contributed by atoms with Crippen LogP contribution >= 0.6 is 0 Å². The number of fused-ring (bicyclic) bond motifs is 1. The molecule has 1 aliphatic carbocycles. The lowest BCUT2D eigenvalue weighted by Gasteiger charge is -2.16. The van der Waals surface area contributed by atoms with E-state index in [1.54, 1.807) is 6.33 Å². The van der Waals surface area contributed by atoms with Gasteiger partial charge in [0.15, 0.2) is 0 Å². The molecule has 1 aromatic rings. The van der Waals surface area contributed by atoms with Crippen molar-refractivity contribution in [2.24, 2.45) is 5.73 Å². The molecule has 0 fully saturated rings. The Morgan fingerprint density at radius 3 is 3.27 bits per heavy atom. The van der Waals surface area contributed by atoms with Crippen molar-refractivity contribution in [2.45, 2.75) is 32.7 Å². The predicted octanol–water partition coefficient (Wildman–Crippen LogP) is 0.862. The number of H-pyrrole nitrogens is 1. The maximum atomic E-state index is 5.76. The van der Waals surface area contributed by atoms with Crippen LogP contribution in [0.15, 0.2) is 6.33 Å². The van der Waals surface area contributed by atoms with Gasteiger partial charge in [0.1, 0.15) is 0 Å². The van der Waals surface area contributed by atoms with Gasteiger partial charge in [0.05, 0.1) is 12.0 Å². The van der Waals surface area contributed by atoms with Crippen LogP contribution in [0.2, 0.25) is 0 Å². The van der Waals surface area contributed by atoms with Crippen LogP contribution in [-0.4, -0.2) is 16.0 Å². The van der Waals surface area contributed by atoms with Gasteiger partial charge in [-0.3, -0.25) is 0 Å². The SMILES string of the molecule is C.NC1CCc2nc[nH]c2C1. The highest BCUT2D eigenvalue weighted by molar-refractivity contribution is 5.16. The average molecular weight is 153 g/mol. The highest BCUT2D eigenvalue weighted by Crippen LogP contribution is 2.15. The first kappa shape index (κ1) is 8.27. The molecule has 2 rings (SSSR count). The summed E-state index contributed by atoms with van der Waals surface area (Å²) < 4.78 is 0. The molecule has 1 unspecified atom stereocenters. The van der Waals surface area contributed by atoms with Crippen molar-refractivity contribution in [2.75, 3.05) is 0 Å². The fourth-order valence-corrected chi connectivity index (χ4v) is 1.43. The Kier molecular flexibility index (Phi) is 2.29. The van der Waals surface area contributed by atoms with E-state index in [0.29, 0.717) is 6.04 Å². The van der Waals surface area contributed by atoms with Crippen molar-refractivity contribution in [1.82, 2.24) is 9.97 Å². The largest absolute Gasteiger partial charge is 0.348 e. The van der Waals surface area contributed by atoms with Crippen molar-refractivity contribution >= 4 is 0 Å². The smallest absolute Gasteiger partial charge is 0.0925 e. The van der Waals surface area contributed by atoms with E-state index < -0.39 is 0 Å². The zero-order valence-corrected chi connectivity index (χ0v) is 5.80. The van der Waals surface area contributed by atoms with Crippen LogP contribution < -0.4 is 5.73 Å². The minimum absolute atomic E-state index is 0. The van der Waals surface area contributed by atoms with E-state index in [2.05, 4.69) is 9.97 Å². The second kappa shape index (κ2) is 3.05. The van der Waals surface area contributed by atoms with Gasteiger partial charge in [0.25, 0.3) is 0 Å². The fourth-order valence-electron chi connectivity index (χ4n) is 1.43. The maximum Gasteiger partial charge on any atom is 0.0925 e. The number of aryl methyl sites for hydroxylation is 1. The Labute approximate surface area is 67.0 Å². The van der Waals surface area contributed by atoms with Gasteiger partial charge in [-0.25, -0.2) is 4.98 Å². The summed E-state index contributed by atoms with van der Waals surface area (Å²) in [4.78, 5) is 7.28. The number of aromatic nitrogens is 2. The summed E-state index contributed by atoms with van der Waals surface area (Å²) in [7, 11) is 0. The number of nitrogens with zero attached hydrogens (tertiary/aromatic N) is 1. The molecule has 62 valence electrons. The fraction of sp³-hybridized carbons (Fsp3) is 0.625. The van der Waals surface area contributed by atoms with E-state index in [4.69, 9.17) is 5.73 Å².